The van der Waals surface area contributed by atoms with Gasteiger partial charge in [-0.15, -0.1) is 0 Å². The molecule has 0 saturated carbocycles. The maximum absolute atomic E-state index is 5.86. The number of rotatable bonds is 6. The summed E-state index contributed by atoms with van der Waals surface area (Å²) in [6.45, 7) is 3.13. The van der Waals surface area contributed by atoms with Crippen LogP contribution in [0.3, 0.4) is 0 Å². The van der Waals surface area contributed by atoms with E-state index in [-0.39, 0.29) is 0 Å². The molecule has 0 aliphatic rings. The molecule has 1 heterocycles. The van der Waals surface area contributed by atoms with Gasteiger partial charge in [-0.2, -0.15) is 0 Å². The van der Waals surface area contributed by atoms with Crippen LogP contribution in [0.2, 0.25) is 5.15 Å². The Morgan fingerprint density at radius 3 is 2.87 bits per heavy atom. The Morgan fingerprint density at radius 1 is 1.40 bits per heavy atom. The highest BCUT2D eigenvalue weighted by molar-refractivity contribution is 7.98. The largest absolute Gasteiger partial charge is 0.370 e. The van der Waals surface area contributed by atoms with Crippen molar-refractivity contribution in [3.8, 4) is 0 Å². The second-order valence-corrected chi connectivity index (χ2v) is 4.36. The van der Waals surface area contributed by atoms with E-state index in [9.17, 15) is 0 Å². The molecule has 0 unspecified atom stereocenters. The molecule has 0 radical (unpaired) electrons. The SMILES string of the molecule is CCCCCNc1cc(Cl)nc(SC)n1. The van der Waals surface area contributed by atoms with Crippen LogP contribution in [-0.2, 0) is 0 Å². The Bertz CT molecular complexity index is 307. The minimum Gasteiger partial charge on any atom is -0.370 e. The molecule has 0 amide bonds. The van der Waals surface area contributed by atoms with Crippen molar-refractivity contribution in [3.05, 3.63) is 11.2 Å². The van der Waals surface area contributed by atoms with Crippen LogP contribution in [0, 0.1) is 0 Å². The molecule has 3 nitrogen and oxygen atoms in total. The average Bonchev–Trinajstić information content (AvgIpc) is 2.23. The van der Waals surface area contributed by atoms with Crippen LogP contribution in [0.15, 0.2) is 11.2 Å². The lowest BCUT2D eigenvalue weighted by atomic mass is 10.2. The summed E-state index contributed by atoms with van der Waals surface area (Å²) in [6.07, 6.45) is 5.56. The average molecular weight is 246 g/mol. The predicted molar refractivity (Wildman–Crippen MR) is 66.8 cm³/mol. The summed E-state index contributed by atoms with van der Waals surface area (Å²) in [7, 11) is 0. The lowest BCUT2D eigenvalue weighted by Crippen LogP contribution is -2.04. The Labute approximate surface area is 100 Å². The monoisotopic (exact) mass is 245 g/mol. The van der Waals surface area contributed by atoms with Crippen molar-refractivity contribution in [1.29, 1.82) is 0 Å². The fraction of sp³-hybridized carbons (Fsp3) is 0.600. The maximum Gasteiger partial charge on any atom is 0.190 e. The summed E-state index contributed by atoms with van der Waals surface area (Å²) in [4.78, 5) is 8.38. The van der Waals surface area contributed by atoms with Gasteiger partial charge in [0, 0.05) is 12.6 Å². The van der Waals surface area contributed by atoms with Gasteiger partial charge >= 0.3 is 0 Å². The lowest BCUT2D eigenvalue weighted by Gasteiger charge is -2.06. The standard InChI is InChI=1S/C10H16ClN3S/c1-3-4-5-6-12-9-7-8(11)13-10(14-9)15-2/h7H,3-6H2,1-2H3,(H,12,13,14). The molecule has 0 aliphatic heterocycles. The van der Waals surface area contributed by atoms with E-state index >= 15 is 0 Å². The van der Waals surface area contributed by atoms with Crippen LogP contribution in [0.5, 0.6) is 0 Å². The van der Waals surface area contributed by atoms with Gasteiger partial charge in [0.2, 0.25) is 0 Å². The van der Waals surface area contributed by atoms with E-state index in [4.69, 9.17) is 11.6 Å². The van der Waals surface area contributed by atoms with Gasteiger partial charge in [-0.3, -0.25) is 0 Å². The number of unbranched alkanes of at least 4 members (excludes halogenated alkanes) is 2. The first-order valence-electron chi connectivity index (χ1n) is 5.08. The Morgan fingerprint density at radius 2 is 2.20 bits per heavy atom. The molecular formula is C10H16ClN3S. The number of nitrogens with one attached hydrogen (secondary N) is 1. The summed E-state index contributed by atoms with van der Waals surface area (Å²) in [6, 6.07) is 1.76. The molecular weight excluding hydrogens is 230 g/mol. The number of anilines is 1. The second kappa shape index (κ2) is 6.90. The predicted octanol–water partition coefficient (Wildman–Crippen LogP) is 3.45. The highest BCUT2D eigenvalue weighted by Crippen LogP contribution is 2.17. The highest BCUT2D eigenvalue weighted by Gasteiger charge is 2.01. The lowest BCUT2D eigenvalue weighted by molar-refractivity contribution is 0.741. The van der Waals surface area contributed by atoms with E-state index in [2.05, 4.69) is 22.2 Å². The summed E-state index contributed by atoms with van der Waals surface area (Å²) in [5.41, 5.74) is 0. The van der Waals surface area contributed by atoms with Crippen molar-refractivity contribution in [3.63, 3.8) is 0 Å². The number of hydrogen-bond acceptors (Lipinski definition) is 4. The Hall–Kier alpha value is -0.480. The molecule has 1 aromatic heterocycles. The van der Waals surface area contributed by atoms with Gasteiger partial charge in [-0.1, -0.05) is 43.1 Å². The van der Waals surface area contributed by atoms with Crippen LogP contribution in [0.1, 0.15) is 26.2 Å². The number of halogens is 1. The van der Waals surface area contributed by atoms with Crippen molar-refractivity contribution in [2.24, 2.45) is 0 Å². The molecule has 0 aromatic carbocycles. The normalized spacial score (nSPS) is 10.3. The van der Waals surface area contributed by atoms with Crippen molar-refractivity contribution in [2.75, 3.05) is 18.1 Å². The third-order valence-corrected chi connectivity index (χ3v) is 2.68. The van der Waals surface area contributed by atoms with Gasteiger partial charge in [0.15, 0.2) is 5.16 Å². The van der Waals surface area contributed by atoms with E-state index in [0.29, 0.717) is 10.3 Å². The summed E-state index contributed by atoms with van der Waals surface area (Å²) >= 11 is 7.36. The van der Waals surface area contributed by atoms with E-state index in [1.165, 1.54) is 24.6 Å². The van der Waals surface area contributed by atoms with Crippen LogP contribution in [-0.4, -0.2) is 22.8 Å². The third kappa shape index (κ3) is 4.71. The first-order chi connectivity index (χ1) is 7.26. The molecule has 1 rings (SSSR count). The van der Waals surface area contributed by atoms with Gasteiger partial charge in [-0.05, 0) is 12.7 Å². The first-order valence-corrected chi connectivity index (χ1v) is 6.69. The Kier molecular flexibility index (Phi) is 5.79. The fourth-order valence-electron chi connectivity index (χ4n) is 1.17. The van der Waals surface area contributed by atoms with Crippen molar-refractivity contribution < 1.29 is 0 Å². The van der Waals surface area contributed by atoms with Gasteiger partial charge in [0.25, 0.3) is 0 Å². The number of nitrogens with zero attached hydrogens (tertiary/aromatic N) is 2. The Balaban J connectivity index is 2.49. The van der Waals surface area contributed by atoms with E-state index in [1.54, 1.807) is 6.07 Å². The fourth-order valence-corrected chi connectivity index (χ4v) is 1.78. The molecule has 15 heavy (non-hydrogen) atoms. The zero-order chi connectivity index (χ0) is 11.1. The third-order valence-electron chi connectivity index (χ3n) is 1.94. The van der Waals surface area contributed by atoms with Crippen molar-refractivity contribution >= 4 is 29.2 Å². The first kappa shape index (κ1) is 12.6. The van der Waals surface area contributed by atoms with Crippen LogP contribution in [0.25, 0.3) is 0 Å². The van der Waals surface area contributed by atoms with E-state index < -0.39 is 0 Å². The summed E-state index contributed by atoms with van der Waals surface area (Å²) < 4.78 is 0. The molecule has 5 heteroatoms. The molecule has 1 aromatic rings. The number of aromatic nitrogens is 2. The van der Waals surface area contributed by atoms with Gasteiger partial charge in [0.1, 0.15) is 11.0 Å². The minimum absolute atomic E-state index is 0.493. The zero-order valence-corrected chi connectivity index (χ0v) is 10.7. The van der Waals surface area contributed by atoms with Gasteiger partial charge in [0.05, 0.1) is 0 Å². The second-order valence-electron chi connectivity index (χ2n) is 3.20. The molecule has 84 valence electrons. The minimum atomic E-state index is 0.493. The summed E-state index contributed by atoms with van der Waals surface area (Å²) in [5, 5.41) is 4.45. The quantitative estimate of drug-likeness (QED) is 0.361. The van der Waals surface area contributed by atoms with E-state index in [0.717, 1.165) is 18.8 Å². The van der Waals surface area contributed by atoms with Crippen molar-refractivity contribution in [1.82, 2.24) is 9.97 Å². The molecule has 0 bridgehead atoms. The van der Waals surface area contributed by atoms with Crippen molar-refractivity contribution in [2.45, 2.75) is 31.3 Å². The van der Waals surface area contributed by atoms with Gasteiger partial charge in [-0.25, -0.2) is 9.97 Å². The number of hydrogen-bond donors (Lipinski definition) is 1. The topological polar surface area (TPSA) is 37.8 Å². The number of thioether (sulfide) groups is 1. The van der Waals surface area contributed by atoms with Crippen LogP contribution in [0.4, 0.5) is 5.82 Å². The molecule has 0 spiro atoms. The summed E-state index contributed by atoms with van der Waals surface area (Å²) in [5.74, 6) is 0.815. The molecule has 0 atom stereocenters. The van der Waals surface area contributed by atoms with Crippen LogP contribution < -0.4 is 5.32 Å². The van der Waals surface area contributed by atoms with Crippen LogP contribution >= 0.6 is 23.4 Å². The maximum atomic E-state index is 5.86. The molecule has 1 N–H and O–H groups in total. The van der Waals surface area contributed by atoms with E-state index in [1.807, 2.05) is 6.26 Å². The highest BCUT2D eigenvalue weighted by atomic mass is 35.5. The smallest absolute Gasteiger partial charge is 0.190 e. The molecule has 0 saturated heterocycles. The molecule has 0 fully saturated rings. The molecule has 0 aliphatic carbocycles. The zero-order valence-electron chi connectivity index (χ0n) is 9.09. The van der Waals surface area contributed by atoms with Gasteiger partial charge < -0.3 is 5.32 Å².